The SMILES string of the molecule is Cc1cc2c(NC3(C)CC3)nc(C(=O)N3CCc4cccc(OCF)c4C3)nc2o1. The fourth-order valence-corrected chi connectivity index (χ4v) is 3.89. The summed E-state index contributed by atoms with van der Waals surface area (Å²) in [4.78, 5) is 23.9. The summed E-state index contributed by atoms with van der Waals surface area (Å²) in [5.41, 5.74) is 2.28. The lowest BCUT2D eigenvalue weighted by molar-refractivity contribution is 0.0719. The van der Waals surface area contributed by atoms with Crippen molar-refractivity contribution in [3.63, 3.8) is 0 Å². The van der Waals surface area contributed by atoms with Gasteiger partial charge in [-0.3, -0.25) is 4.79 Å². The molecule has 0 spiro atoms. The van der Waals surface area contributed by atoms with Crippen LogP contribution in [0.15, 0.2) is 28.7 Å². The third kappa shape index (κ3) is 3.36. The molecule has 2 aromatic heterocycles. The van der Waals surface area contributed by atoms with Crippen LogP contribution in [0.4, 0.5) is 10.2 Å². The van der Waals surface area contributed by atoms with Crippen LogP contribution in [-0.4, -0.2) is 39.7 Å². The Morgan fingerprint density at radius 2 is 2.20 bits per heavy atom. The predicted octanol–water partition coefficient (Wildman–Crippen LogP) is 4.00. The van der Waals surface area contributed by atoms with Gasteiger partial charge >= 0.3 is 0 Å². The van der Waals surface area contributed by atoms with Gasteiger partial charge in [0.2, 0.25) is 18.4 Å². The molecule has 0 atom stereocenters. The summed E-state index contributed by atoms with van der Waals surface area (Å²) in [7, 11) is 0. The Hall–Kier alpha value is -3.16. The van der Waals surface area contributed by atoms with Gasteiger partial charge in [-0.15, -0.1) is 0 Å². The third-order valence-electron chi connectivity index (χ3n) is 5.85. The van der Waals surface area contributed by atoms with E-state index in [2.05, 4.69) is 22.2 Å². The first kappa shape index (κ1) is 18.8. The highest BCUT2D eigenvalue weighted by molar-refractivity contribution is 5.95. The molecule has 5 rings (SSSR count). The van der Waals surface area contributed by atoms with Gasteiger partial charge < -0.3 is 19.4 Å². The van der Waals surface area contributed by atoms with Crippen LogP contribution in [0.5, 0.6) is 5.75 Å². The topological polar surface area (TPSA) is 80.5 Å². The summed E-state index contributed by atoms with van der Waals surface area (Å²) in [6.07, 6.45) is 2.77. The highest BCUT2D eigenvalue weighted by Gasteiger charge is 2.38. The van der Waals surface area contributed by atoms with Crippen LogP contribution in [0.3, 0.4) is 0 Å². The molecular weight excluding hydrogens is 387 g/mol. The molecule has 1 fully saturated rings. The van der Waals surface area contributed by atoms with Crippen molar-refractivity contribution in [3.05, 3.63) is 47.0 Å². The van der Waals surface area contributed by atoms with E-state index >= 15 is 0 Å². The molecule has 3 aromatic rings. The Balaban J connectivity index is 1.48. The van der Waals surface area contributed by atoms with Crippen molar-refractivity contribution in [2.24, 2.45) is 0 Å². The number of nitrogens with zero attached hydrogens (tertiary/aromatic N) is 3. The summed E-state index contributed by atoms with van der Waals surface area (Å²) in [6.45, 7) is 3.92. The molecule has 30 heavy (non-hydrogen) atoms. The molecule has 1 saturated carbocycles. The lowest BCUT2D eigenvalue weighted by Gasteiger charge is -2.29. The average molecular weight is 410 g/mol. The van der Waals surface area contributed by atoms with Gasteiger partial charge in [-0.2, -0.15) is 4.98 Å². The zero-order valence-electron chi connectivity index (χ0n) is 17.0. The molecule has 1 aromatic carbocycles. The standard InChI is InChI=1S/C22H23FN4O3/c1-13-10-15-18(26-22(2)7-8-22)24-19(25-20(15)30-13)21(28)27-9-6-14-4-3-5-17(29-12-23)16(14)11-27/h3-5,10H,6-9,11-12H2,1-2H3,(H,24,25,26). The van der Waals surface area contributed by atoms with Crippen LogP contribution in [-0.2, 0) is 13.0 Å². The number of anilines is 1. The van der Waals surface area contributed by atoms with Gasteiger partial charge in [0.15, 0.2) is 0 Å². The molecule has 8 heteroatoms. The average Bonchev–Trinajstić information content (AvgIpc) is 3.33. The van der Waals surface area contributed by atoms with E-state index in [1.54, 1.807) is 11.0 Å². The number of rotatable bonds is 5. The van der Waals surface area contributed by atoms with E-state index in [1.807, 2.05) is 25.1 Å². The second kappa shape index (κ2) is 6.97. The van der Waals surface area contributed by atoms with Crippen LogP contribution in [0.2, 0.25) is 0 Å². The molecule has 1 amide bonds. The number of aryl methyl sites for hydroxylation is 1. The Morgan fingerprint density at radius 3 is 2.97 bits per heavy atom. The molecular formula is C22H23FN4O3. The summed E-state index contributed by atoms with van der Waals surface area (Å²) in [5.74, 6) is 1.62. The summed E-state index contributed by atoms with van der Waals surface area (Å²) in [5, 5.41) is 4.22. The van der Waals surface area contributed by atoms with Crippen LogP contribution in [0, 0.1) is 6.92 Å². The maximum absolute atomic E-state index is 13.3. The highest BCUT2D eigenvalue weighted by atomic mass is 19.1. The van der Waals surface area contributed by atoms with Gasteiger partial charge in [-0.25, -0.2) is 9.37 Å². The number of alkyl halides is 1. The highest BCUT2D eigenvalue weighted by Crippen LogP contribution is 2.39. The maximum atomic E-state index is 13.3. The van der Waals surface area contributed by atoms with Crippen LogP contribution >= 0.6 is 0 Å². The molecule has 2 aliphatic rings. The van der Waals surface area contributed by atoms with E-state index in [4.69, 9.17) is 9.15 Å². The van der Waals surface area contributed by atoms with E-state index in [9.17, 15) is 9.18 Å². The first-order valence-corrected chi connectivity index (χ1v) is 10.1. The lowest BCUT2D eigenvalue weighted by atomic mass is 9.98. The van der Waals surface area contributed by atoms with Crippen molar-refractivity contribution >= 4 is 22.8 Å². The number of amides is 1. The molecule has 1 aliphatic carbocycles. The molecule has 7 nitrogen and oxygen atoms in total. The van der Waals surface area contributed by atoms with Gasteiger partial charge in [0, 0.05) is 17.6 Å². The Kier molecular flexibility index (Phi) is 4.38. The number of furan rings is 1. The first-order chi connectivity index (χ1) is 14.5. The number of nitrogens with one attached hydrogen (secondary N) is 1. The smallest absolute Gasteiger partial charge is 0.292 e. The van der Waals surface area contributed by atoms with Crippen molar-refractivity contribution in [1.82, 2.24) is 14.9 Å². The van der Waals surface area contributed by atoms with Crippen LogP contribution in [0.1, 0.15) is 47.3 Å². The normalized spacial score (nSPS) is 17.0. The van der Waals surface area contributed by atoms with E-state index in [-0.39, 0.29) is 17.3 Å². The summed E-state index contributed by atoms with van der Waals surface area (Å²) in [6, 6.07) is 7.43. The zero-order chi connectivity index (χ0) is 20.9. The number of halogens is 1. The molecule has 3 heterocycles. The molecule has 0 saturated heterocycles. The van der Waals surface area contributed by atoms with Gasteiger partial charge in [0.1, 0.15) is 17.3 Å². The third-order valence-corrected chi connectivity index (χ3v) is 5.85. The minimum Gasteiger partial charge on any atom is -0.463 e. The van der Waals surface area contributed by atoms with Gasteiger partial charge in [-0.05, 0) is 50.8 Å². The van der Waals surface area contributed by atoms with Crippen molar-refractivity contribution in [1.29, 1.82) is 0 Å². The number of carbonyl (C=O) groups excluding carboxylic acids is 1. The Bertz CT molecular complexity index is 1140. The fraction of sp³-hybridized carbons (Fsp3) is 0.409. The zero-order valence-corrected chi connectivity index (χ0v) is 17.0. The Morgan fingerprint density at radius 1 is 1.37 bits per heavy atom. The monoisotopic (exact) mass is 410 g/mol. The first-order valence-electron chi connectivity index (χ1n) is 10.1. The van der Waals surface area contributed by atoms with Gasteiger partial charge in [-0.1, -0.05) is 12.1 Å². The number of ether oxygens (including phenoxy) is 1. The number of carbonyl (C=O) groups is 1. The lowest BCUT2D eigenvalue weighted by Crippen LogP contribution is -2.37. The number of hydrogen-bond acceptors (Lipinski definition) is 6. The van der Waals surface area contributed by atoms with E-state index < -0.39 is 6.86 Å². The van der Waals surface area contributed by atoms with Crippen LogP contribution in [0.25, 0.3) is 11.1 Å². The van der Waals surface area contributed by atoms with E-state index in [0.717, 1.165) is 29.4 Å². The predicted molar refractivity (Wildman–Crippen MR) is 109 cm³/mol. The van der Waals surface area contributed by atoms with Crippen LogP contribution < -0.4 is 10.1 Å². The minimum atomic E-state index is -0.907. The largest absolute Gasteiger partial charge is 0.463 e. The van der Waals surface area contributed by atoms with Crippen molar-refractivity contribution in [2.45, 2.75) is 45.2 Å². The summed E-state index contributed by atoms with van der Waals surface area (Å²) < 4.78 is 23.6. The van der Waals surface area contributed by atoms with Crippen molar-refractivity contribution < 1.29 is 18.3 Å². The maximum Gasteiger partial charge on any atom is 0.292 e. The van der Waals surface area contributed by atoms with Gasteiger partial charge in [0.25, 0.3) is 5.91 Å². The molecule has 0 bridgehead atoms. The fourth-order valence-electron chi connectivity index (χ4n) is 3.89. The Labute approximate surface area is 173 Å². The number of fused-ring (bicyclic) bond motifs is 2. The summed E-state index contributed by atoms with van der Waals surface area (Å²) >= 11 is 0. The van der Waals surface area contributed by atoms with E-state index in [1.165, 1.54) is 0 Å². The quantitative estimate of drug-likeness (QED) is 0.685. The molecule has 156 valence electrons. The number of benzene rings is 1. The van der Waals surface area contributed by atoms with E-state index in [0.29, 0.717) is 42.6 Å². The second-order valence-corrected chi connectivity index (χ2v) is 8.28. The molecule has 0 unspecified atom stereocenters. The minimum absolute atomic E-state index is 0.00452. The van der Waals surface area contributed by atoms with Crippen molar-refractivity contribution in [2.75, 3.05) is 18.7 Å². The molecule has 1 N–H and O–H groups in total. The second-order valence-electron chi connectivity index (χ2n) is 8.28. The molecule has 0 radical (unpaired) electrons. The molecule has 1 aliphatic heterocycles. The van der Waals surface area contributed by atoms with Gasteiger partial charge in [0.05, 0.1) is 11.9 Å². The number of hydrogen-bond donors (Lipinski definition) is 1. The number of aromatic nitrogens is 2. The van der Waals surface area contributed by atoms with Crippen molar-refractivity contribution in [3.8, 4) is 5.75 Å².